The Kier molecular flexibility index (Phi) is 14.3. The normalized spacial score (nSPS) is 17.7. The van der Waals surface area contributed by atoms with Crippen molar-refractivity contribution in [1.29, 1.82) is 0 Å². The van der Waals surface area contributed by atoms with Crippen LogP contribution in [0, 0.1) is 20.5 Å². The van der Waals surface area contributed by atoms with Gasteiger partial charge in [0, 0.05) is 65.3 Å². The monoisotopic (exact) mass is 581 g/mol. The molecule has 1 aliphatic heterocycles. The molecule has 0 bridgehead atoms. The maximum Gasteiger partial charge on any atom is 2.00 e. The van der Waals surface area contributed by atoms with Crippen LogP contribution < -0.4 is 10.5 Å². The van der Waals surface area contributed by atoms with E-state index in [0.29, 0.717) is 5.58 Å². The largest absolute Gasteiger partial charge is 2.00 e. The fourth-order valence-electron chi connectivity index (χ4n) is 3.08. The summed E-state index contributed by atoms with van der Waals surface area (Å²) >= 11 is 0. The zero-order valence-corrected chi connectivity index (χ0v) is 21.7. The van der Waals surface area contributed by atoms with Crippen LogP contribution in [0.4, 0.5) is 5.69 Å². The molecule has 165 valence electrons. The maximum absolute atomic E-state index is 11.9. The number of fused-ring (bicyclic) bond motifs is 1. The van der Waals surface area contributed by atoms with Crippen LogP contribution in [0.15, 0.2) is 33.5 Å². The second kappa shape index (κ2) is 14.5. The number of nitrogens with zero attached hydrogens (tertiary/aromatic N) is 1. The van der Waals surface area contributed by atoms with Crippen molar-refractivity contribution in [2.24, 2.45) is 0 Å². The Morgan fingerprint density at radius 2 is 1.97 bits per heavy atom. The van der Waals surface area contributed by atoms with Gasteiger partial charge in [-0.3, -0.25) is 0 Å². The van der Waals surface area contributed by atoms with Crippen LogP contribution in [-0.2, 0) is 64.3 Å². The Labute approximate surface area is 207 Å². The molecule has 0 spiro atoms. The van der Waals surface area contributed by atoms with Gasteiger partial charge in [-0.05, 0) is 31.5 Å². The predicted molar refractivity (Wildman–Crippen MR) is 108 cm³/mol. The van der Waals surface area contributed by atoms with Crippen molar-refractivity contribution in [2.75, 3.05) is 31.4 Å². The number of rotatable bonds is 9. The van der Waals surface area contributed by atoms with Crippen LogP contribution in [0.2, 0.25) is 0 Å². The van der Waals surface area contributed by atoms with Gasteiger partial charge in [0.25, 0.3) is 0 Å². The summed E-state index contributed by atoms with van der Waals surface area (Å²) in [5, 5.41) is 9.85. The van der Waals surface area contributed by atoms with E-state index in [4.69, 9.17) is 23.7 Å². The quantitative estimate of drug-likeness (QED) is 0.161. The third-order valence-corrected chi connectivity index (χ3v) is 4.52. The first-order valence-electron chi connectivity index (χ1n) is 9.10. The van der Waals surface area contributed by atoms with Crippen LogP contribution in [-0.4, -0.2) is 43.8 Å². The molecule has 0 saturated carbocycles. The zero-order chi connectivity index (χ0) is 19.2. The molecule has 0 amide bonds. The third kappa shape index (κ3) is 7.57. The first-order chi connectivity index (χ1) is 13.1. The third-order valence-electron chi connectivity index (χ3n) is 4.52. The molecular weight excluding hydrogens is 551 g/mol. The Morgan fingerprint density at radius 3 is 2.60 bits per heavy atom. The first kappa shape index (κ1) is 29.5. The minimum atomic E-state index is -0.407. The molecule has 1 radical (unpaired) electrons. The van der Waals surface area contributed by atoms with E-state index < -0.39 is 5.63 Å². The molecule has 30 heavy (non-hydrogen) atoms. The molecule has 0 unspecified atom stereocenters. The SMILES string of the molecule is CCN(CC)c1ccc2c(COCO[C@@H]3[CH-]O[C@H](CO)[CH-]3)cc(=O)oc2c1.[CH3-].[Mo+2].[Nb]. The van der Waals surface area contributed by atoms with Crippen LogP contribution in [0.25, 0.3) is 11.0 Å². The molecule has 0 aliphatic carbocycles. The standard InChI is InChI=1S/C20H25NO6.CH3.Mo.Nb/c1-3-21(4-2)15-5-6-18-14(7-20(23)27-19(18)8-15)11-24-13-26-17-9-16(10-22)25-12-17;;;/h5-9,12,16-17,22H,3-4,10-11,13H2,1-2H3;1H3;;/q-2;-1;+2;/t16-,17-;;;/m0.../s1. The molecule has 1 N–H and O–H groups in total. The summed E-state index contributed by atoms with van der Waals surface area (Å²) in [6.07, 6.45) is 1.10. The minimum Gasteiger partial charge on any atom is -0.572 e. The van der Waals surface area contributed by atoms with E-state index >= 15 is 0 Å². The average Bonchev–Trinajstić information content (AvgIpc) is 3.13. The minimum absolute atomic E-state index is 0. The summed E-state index contributed by atoms with van der Waals surface area (Å²) in [5.41, 5.74) is 1.90. The number of aliphatic hydroxyl groups is 1. The topological polar surface area (TPSA) is 81.4 Å². The van der Waals surface area contributed by atoms with Crippen LogP contribution >= 0.6 is 0 Å². The van der Waals surface area contributed by atoms with Gasteiger partial charge in [0.2, 0.25) is 0 Å². The molecule has 1 saturated heterocycles. The fraction of sp³-hybridized carbons (Fsp3) is 0.429. The van der Waals surface area contributed by atoms with E-state index in [2.05, 4.69) is 18.7 Å². The van der Waals surface area contributed by atoms with Crippen molar-refractivity contribution in [1.82, 2.24) is 0 Å². The molecule has 1 aromatic heterocycles. The Balaban J connectivity index is 0.00000280. The number of hydrogen-bond donors (Lipinski definition) is 1. The number of anilines is 1. The second-order valence-electron chi connectivity index (χ2n) is 6.23. The van der Waals surface area contributed by atoms with Crippen molar-refractivity contribution in [2.45, 2.75) is 32.7 Å². The second-order valence-corrected chi connectivity index (χ2v) is 6.23. The molecule has 1 aromatic carbocycles. The number of benzene rings is 1. The number of ether oxygens (including phenoxy) is 3. The van der Waals surface area contributed by atoms with E-state index in [1.807, 2.05) is 18.2 Å². The number of hydrogen-bond acceptors (Lipinski definition) is 7. The van der Waals surface area contributed by atoms with Crippen molar-refractivity contribution in [3.63, 3.8) is 0 Å². The van der Waals surface area contributed by atoms with Crippen LogP contribution in [0.1, 0.15) is 19.4 Å². The summed E-state index contributed by atoms with van der Waals surface area (Å²) < 4.78 is 21.6. The van der Waals surface area contributed by atoms with Crippen LogP contribution in [0.3, 0.4) is 0 Å². The van der Waals surface area contributed by atoms with Crippen LogP contribution in [0.5, 0.6) is 0 Å². The molecule has 2 atom stereocenters. The van der Waals surface area contributed by atoms with Gasteiger partial charge < -0.3 is 42.5 Å². The summed E-state index contributed by atoms with van der Waals surface area (Å²) in [6, 6.07) is 7.30. The molecule has 1 fully saturated rings. The molecular formula is C21H28MoNNbO6-. The smallest absolute Gasteiger partial charge is 0.572 e. The Morgan fingerprint density at radius 1 is 1.23 bits per heavy atom. The van der Waals surface area contributed by atoms with Crippen molar-refractivity contribution in [3.05, 3.63) is 60.7 Å². The predicted octanol–water partition coefficient (Wildman–Crippen LogP) is 2.70. The average molecular weight is 579 g/mol. The summed E-state index contributed by atoms with van der Waals surface area (Å²) in [4.78, 5) is 14.1. The van der Waals surface area contributed by atoms with Gasteiger partial charge in [-0.2, -0.15) is 6.10 Å². The van der Waals surface area contributed by atoms with E-state index in [9.17, 15) is 4.79 Å². The van der Waals surface area contributed by atoms with Gasteiger partial charge in [0.15, 0.2) is 0 Å². The molecule has 1 aliphatic rings. The Bertz CT molecular complexity index is 814. The molecule has 2 heterocycles. The fourth-order valence-corrected chi connectivity index (χ4v) is 3.08. The summed E-state index contributed by atoms with van der Waals surface area (Å²) in [7, 11) is 0. The van der Waals surface area contributed by atoms with E-state index in [1.54, 1.807) is 6.42 Å². The van der Waals surface area contributed by atoms with Gasteiger partial charge in [-0.15, -0.1) is 0 Å². The van der Waals surface area contributed by atoms with Gasteiger partial charge in [-0.25, -0.2) is 11.4 Å². The molecule has 7 nitrogen and oxygen atoms in total. The van der Waals surface area contributed by atoms with E-state index in [0.717, 1.165) is 29.7 Å². The van der Waals surface area contributed by atoms with Gasteiger partial charge in [0.1, 0.15) is 12.4 Å². The molecule has 2 aromatic rings. The zero-order valence-electron chi connectivity index (χ0n) is 17.4. The van der Waals surface area contributed by atoms with Gasteiger partial charge in [-0.1, -0.05) is 6.10 Å². The van der Waals surface area contributed by atoms with Crippen molar-refractivity contribution >= 4 is 16.7 Å². The Hall–Kier alpha value is -0.501. The number of aliphatic hydroxyl groups excluding tert-OH is 1. The first-order valence-corrected chi connectivity index (χ1v) is 9.10. The van der Waals surface area contributed by atoms with E-state index in [-0.39, 0.29) is 83.1 Å². The van der Waals surface area contributed by atoms with Gasteiger partial charge in [0.05, 0.1) is 6.61 Å². The molecule has 9 heteroatoms. The van der Waals surface area contributed by atoms with Gasteiger partial charge >= 0.3 is 26.7 Å². The maximum atomic E-state index is 11.9. The molecule has 3 rings (SSSR count). The summed E-state index contributed by atoms with van der Waals surface area (Å²) in [6.45, 7) is 7.62. The van der Waals surface area contributed by atoms with Crippen molar-refractivity contribution < 1.29 is 67.2 Å². The summed E-state index contributed by atoms with van der Waals surface area (Å²) in [5.74, 6) is 0. The van der Waals surface area contributed by atoms with E-state index in [1.165, 1.54) is 12.7 Å². The van der Waals surface area contributed by atoms with Crippen molar-refractivity contribution in [3.8, 4) is 0 Å².